The summed E-state index contributed by atoms with van der Waals surface area (Å²) < 4.78 is 19.2. The van der Waals surface area contributed by atoms with Gasteiger partial charge in [0.1, 0.15) is 11.6 Å². The fourth-order valence-corrected chi connectivity index (χ4v) is 1.74. The molecule has 0 aromatic heterocycles. The number of methoxy groups -OCH3 is 2. The Morgan fingerprint density at radius 3 is 1.88 bits per heavy atom. The third-order valence-electron chi connectivity index (χ3n) is 2.83. The van der Waals surface area contributed by atoms with Crippen molar-refractivity contribution >= 4 is 24.0 Å². The lowest BCUT2D eigenvalue weighted by atomic mass is 10.1. The van der Waals surface area contributed by atoms with Gasteiger partial charge in [0.25, 0.3) is 0 Å². The maximum atomic E-state index is 12.1. The topological polar surface area (TPSA) is 108 Å². The molecule has 2 atom stereocenters. The molecule has 24 heavy (non-hydrogen) atoms. The molecule has 0 aliphatic rings. The van der Waals surface area contributed by atoms with Crippen LogP contribution in [0.5, 0.6) is 0 Å². The van der Waals surface area contributed by atoms with E-state index in [1.807, 2.05) is 0 Å². The summed E-state index contributed by atoms with van der Waals surface area (Å²) in [5.74, 6) is -2.37. The van der Waals surface area contributed by atoms with E-state index in [1.54, 1.807) is 20.8 Å². The standard InChI is InChI=1S/C15H25NO8/c1-9(17)23-11(13(19)22-7)8-10(12(18)21-6)16(5)14(20)24-15(2,3)4/h10-11H,8H2,1-7H3/t10-,11+/m0/s1. The molecule has 0 bridgehead atoms. The van der Waals surface area contributed by atoms with Crippen LogP contribution in [0.2, 0.25) is 0 Å². The fourth-order valence-electron chi connectivity index (χ4n) is 1.74. The number of hydrogen-bond donors (Lipinski definition) is 0. The number of ether oxygens (including phenoxy) is 4. The maximum absolute atomic E-state index is 12.1. The Hall–Kier alpha value is -2.32. The second-order valence-corrected chi connectivity index (χ2v) is 5.99. The summed E-state index contributed by atoms with van der Waals surface area (Å²) in [4.78, 5) is 48.0. The van der Waals surface area contributed by atoms with E-state index in [0.717, 1.165) is 26.0 Å². The van der Waals surface area contributed by atoms with Gasteiger partial charge in [-0.3, -0.25) is 9.69 Å². The fraction of sp³-hybridized carbons (Fsp3) is 0.733. The average Bonchev–Trinajstić information content (AvgIpc) is 2.46. The number of hydrogen-bond acceptors (Lipinski definition) is 8. The summed E-state index contributed by atoms with van der Waals surface area (Å²) in [5.41, 5.74) is -0.774. The highest BCUT2D eigenvalue weighted by atomic mass is 16.6. The van der Waals surface area contributed by atoms with Crippen LogP contribution in [0.25, 0.3) is 0 Å². The van der Waals surface area contributed by atoms with Crippen molar-refractivity contribution in [3.8, 4) is 0 Å². The average molecular weight is 347 g/mol. The van der Waals surface area contributed by atoms with Crippen LogP contribution < -0.4 is 0 Å². The summed E-state index contributed by atoms with van der Waals surface area (Å²) in [5, 5.41) is 0. The smallest absolute Gasteiger partial charge is 0.410 e. The molecule has 0 unspecified atom stereocenters. The Labute approximate surface area is 141 Å². The van der Waals surface area contributed by atoms with Crippen LogP contribution in [0.15, 0.2) is 0 Å². The molecule has 0 aliphatic carbocycles. The zero-order valence-electron chi connectivity index (χ0n) is 15.1. The van der Waals surface area contributed by atoms with E-state index in [2.05, 4.69) is 9.47 Å². The van der Waals surface area contributed by atoms with Crippen molar-refractivity contribution in [3.05, 3.63) is 0 Å². The Kier molecular flexibility index (Phi) is 8.21. The molecule has 0 aromatic carbocycles. The lowest BCUT2D eigenvalue weighted by Crippen LogP contribution is -2.48. The van der Waals surface area contributed by atoms with Crippen molar-refractivity contribution in [1.29, 1.82) is 0 Å². The molecule has 0 saturated carbocycles. The summed E-state index contributed by atoms with van der Waals surface area (Å²) in [7, 11) is 3.57. The molecule has 0 spiro atoms. The predicted molar refractivity (Wildman–Crippen MR) is 82.0 cm³/mol. The normalized spacial score (nSPS) is 13.3. The first-order valence-electron chi connectivity index (χ1n) is 7.21. The molecule has 9 heteroatoms. The number of rotatable bonds is 6. The van der Waals surface area contributed by atoms with Crippen LogP contribution in [0.1, 0.15) is 34.1 Å². The molecule has 0 aliphatic heterocycles. The van der Waals surface area contributed by atoms with Crippen LogP contribution >= 0.6 is 0 Å². The highest BCUT2D eigenvalue weighted by molar-refractivity contribution is 5.84. The monoisotopic (exact) mass is 347 g/mol. The van der Waals surface area contributed by atoms with Crippen LogP contribution in [-0.2, 0) is 33.3 Å². The molecule has 1 amide bonds. The quantitative estimate of drug-likeness (QED) is 0.515. The van der Waals surface area contributed by atoms with Crippen molar-refractivity contribution in [2.45, 2.75) is 51.9 Å². The summed E-state index contributed by atoms with van der Waals surface area (Å²) in [6, 6.07) is -1.20. The van der Waals surface area contributed by atoms with Crippen LogP contribution in [0.3, 0.4) is 0 Å². The molecule has 0 heterocycles. The van der Waals surface area contributed by atoms with Crippen molar-refractivity contribution in [1.82, 2.24) is 4.90 Å². The Morgan fingerprint density at radius 1 is 1.00 bits per heavy atom. The predicted octanol–water partition coefficient (Wildman–Crippen LogP) is 0.890. The second kappa shape index (κ2) is 9.09. The number of nitrogens with zero attached hydrogens (tertiary/aromatic N) is 1. The third-order valence-corrected chi connectivity index (χ3v) is 2.83. The number of carbonyl (C=O) groups excluding carboxylic acids is 4. The molecule has 0 saturated heterocycles. The van der Waals surface area contributed by atoms with Gasteiger partial charge in [-0.2, -0.15) is 0 Å². The Morgan fingerprint density at radius 2 is 1.50 bits per heavy atom. The van der Waals surface area contributed by atoms with E-state index in [9.17, 15) is 19.2 Å². The minimum Gasteiger partial charge on any atom is -0.467 e. The number of likely N-dealkylation sites (N-methyl/N-ethyl adjacent to an activating group) is 1. The minimum absolute atomic E-state index is 0.325. The highest BCUT2D eigenvalue weighted by Gasteiger charge is 2.36. The highest BCUT2D eigenvalue weighted by Crippen LogP contribution is 2.16. The zero-order valence-corrected chi connectivity index (χ0v) is 15.1. The van der Waals surface area contributed by atoms with Gasteiger partial charge in [0.15, 0.2) is 0 Å². The lowest BCUT2D eigenvalue weighted by Gasteiger charge is -2.30. The Balaban J connectivity index is 5.36. The molecular weight excluding hydrogens is 322 g/mol. The van der Waals surface area contributed by atoms with E-state index in [-0.39, 0.29) is 6.42 Å². The molecule has 0 rings (SSSR count). The first-order valence-corrected chi connectivity index (χ1v) is 7.21. The Bertz CT molecular complexity index is 482. The zero-order chi connectivity index (χ0) is 19.1. The molecule has 138 valence electrons. The molecular formula is C15H25NO8. The van der Waals surface area contributed by atoms with E-state index in [1.165, 1.54) is 7.05 Å². The van der Waals surface area contributed by atoms with Gasteiger partial charge < -0.3 is 18.9 Å². The molecule has 0 aromatic rings. The molecule has 0 radical (unpaired) electrons. The lowest BCUT2D eigenvalue weighted by molar-refractivity contribution is -0.167. The number of carbonyl (C=O) groups is 4. The van der Waals surface area contributed by atoms with Crippen LogP contribution in [-0.4, -0.2) is 67.9 Å². The van der Waals surface area contributed by atoms with Crippen molar-refractivity contribution in [2.75, 3.05) is 21.3 Å². The van der Waals surface area contributed by atoms with Gasteiger partial charge >= 0.3 is 24.0 Å². The first kappa shape index (κ1) is 21.7. The van der Waals surface area contributed by atoms with Gasteiger partial charge in [0.2, 0.25) is 6.10 Å². The second-order valence-electron chi connectivity index (χ2n) is 5.99. The molecule has 9 nitrogen and oxygen atoms in total. The first-order chi connectivity index (χ1) is 10.9. The minimum atomic E-state index is -1.36. The van der Waals surface area contributed by atoms with Gasteiger partial charge in [0, 0.05) is 20.4 Å². The number of esters is 3. The van der Waals surface area contributed by atoms with Gasteiger partial charge in [-0.15, -0.1) is 0 Å². The van der Waals surface area contributed by atoms with Crippen molar-refractivity contribution in [3.63, 3.8) is 0 Å². The molecule has 0 N–H and O–H groups in total. The largest absolute Gasteiger partial charge is 0.467 e. The SMILES string of the molecule is COC(=O)[C@@H](C[C@@H](C(=O)OC)N(C)C(=O)OC(C)(C)C)OC(C)=O. The summed E-state index contributed by atoms with van der Waals surface area (Å²) >= 11 is 0. The van der Waals surface area contributed by atoms with E-state index >= 15 is 0 Å². The van der Waals surface area contributed by atoms with E-state index in [4.69, 9.17) is 9.47 Å². The third kappa shape index (κ3) is 7.30. The van der Waals surface area contributed by atoms with Gasteiger partial charge in [-0.05, 0) is 20.8 Å². The van der Waals surface area contributed by atoms with Gasteiger partial charge in [-0.25, -0.2) is 14.4 Å². The summed E-state index contributed by atoms with van der Waals surface area (Å²) in [6.45, 7) is 6.12. The van der Waals surface area contributed by atoms with Crippen molar-refractivity contribution in [2.24, 2.45) is 0 Å². The van der Waals surface area contributed by atoms with E-state index in [0.29, 0.717) is 0 Å². The van der Waals surface area contributed by atoms with Crippen LogP contribution in [0.4, 0.5) is 4.79 Å². The van der Waals surface area contributed by atoms with Crippen molar-refractivity contribution < 1.29 is 38.1 Å². The van der Waals surface area contributed by atoms with Gasteiger partial charge in [-0.1, -0.05) is 0 Å². The van der Waals surface area contributed by atoms with Crippen LogP contribution in [0, 0.1) is 0 Å². The number of amides is 1. The van der Waals surface area contributed by atoms with E-state index < -0.39 is 41.7 Å². The maximum Gasteiger partial charge on any atom is 0.410 e. The van der Waals surface area contributed by atoms with Gasteiger partial charge in [0.05, 0.1) is 14.2 Å². The molecule has 0 fully saturated rings. The summed E-state index contributed by atoms with van der Waals surface area (Å²) in [6.07, 6.45) is -2.47.